The average molecular weight is 481 g/mol. The molecule has 0 saturated heterocycles. The fourth-order valence-corrected chi connectivity index (χ4v) is 4.84. The Bertz CT molecular complexity index is 1510. The van der Waals surface area contributed by atoms with Crippen LogP contribution in [-0.2, 0) is 11.3 Å². The van der Waals surface area contributed by atoms with Crippen LogP contribution >= 0.6 is 27.3 Å². The van der Waals surface area contributed by atoms with Crippen molar-refractivity contribution < 1.29 is 4.79 Å². The van der Waals surface area contributed by atoms with Crippen LogP contribution in [0.3, 0.4) is 0 Å². The van der Waals surface area contributed by atoms with E-state index in [0.717, 1.165) is 31.6 Å². The van der Waals surface area contributed by atoms with E-state index >= 15 is 0 Å². The maximum Gasteiger partial charge on any atom is 0.295 e. The van der Waals surface area contributed by atoms with Gasteiger partial charge in [-0.25, -0.2) is 0 Å². The molecule has 1 amide bonds. The van der Waals surface area contributed by atoms with Crippen LogP contribution in [0.5, 0.6) is 0 Å². The van der Waals surface area contributed by atoms with E-state index < -0.39 is 11.1 Å². The van der Waals surface area contributed by atoms with Gasteiger partial charge in [0.25, 0.3) is 17.0 Å². The molecule has 0 saturated carbocycles. The van der Waals surface area contributed by atoms with Crippen molar-refractivity contribution in [1.29, 1.82) is 0 Å². The highest BCUT2D eigenvalue weighted by Crippen LogP contribution is 2.38. The predicted molar refractivity (Wildman–Crippen MR) is 118 cm³/mol. The van der Waals surface area contributed by atoms with Gasteiger partial charge in [0.1, 0.15) is 10.2 Å². The number of nitrogens with zero attached hydrogens (tertiary/aromatic N) is 4. The summed E-state index contributed by atoms with van der Waals surface area (Å²) < 4.78 is 2.11. The Morgan fingerprint density at radius 3 is 2.60 bits per heavy atom. The summed E-state index contributed by atoms with van der Waals surface area (Å²) in [5, 5.41) is 4.04. The maximum absolute atomic E-state index is 13.5. The van der Waals surface area contributed by atoms with Gasteiger partial charge in [0, 0.05) is 10.0 Å². The van der Waals surface area contributed by atoms with Gasteiger partial charge >= 0.3 is 0 Å². The molecule has 4 aromatic rings. The van der Waals surface area contributed by atoms with E-state index in [4.69, 9.17) is 0 Å². The Morgan fingerprint density at radius 2 is 1.83 bits per heavy atom. The third-order valence-electron chi connectivity index (χ3n) is 4.91. The van der Waals surface area contributed by atoms with Crippen LogP contribution in [0, 0.1) is 6.92 Å². The quantitative estimate of drug-likeness (QED) is 0.438. The first kappa shape index (κ1) is 18.8. The highest BCUT2D eigenvalue weighted by Gasteiger charge is 2.34. The Balaban J connectivity index is 1.79. The molecule has 2 aromatic carbocycles. The summed E-state index contributed by atoms with van der Waals surface area (Å²) in [7, 11) is 0. The summed E-state index contributed by atoms with van der Waals surface area (Å²) in [6, 6.07) is 15.2. The molecule has 0 aliphatic carbocycles. The van der Waals surface area contributed by atoms with E-state index in [9.17, 15) is 14.4 Å². The smallest absolute Gasteiger partial charge is 0.295 e. The lowest BCUT2D eigenvalue weighted by Crippen LogP contribution is -2.33. The summed E-state index contributed by atoms with van der Waals surface area (Å²) >= 11 is 4.46. The summed E-state index contributed by atoms with van der Waals surface area (Å²) in [4.78, 5) is 44.1. The number of fused-ring (bicyclic) bond motifs is 2. The Morgan fingerprint density at radius 1 is 1.07 bits per heavy atom. The largest absolute Gasteiger partial charge is 0.303 e. The van der Waals surface area contributed by atoms with Crippen LogP contribution in [0.1, 0.15) is 16.8 Å². The van der Waals surface area contributed by atoms with Crippen molar-refractivity contribution in [1.82, 2.24) is 14.6 Å². The second-order valence-corrected chi connectivity index (χ2v) is 8.74. The maximum atomic E-state index is 13.5. The molecule has 3 heterocycles. The van der Waals surface area contributed by atoms with Crippen molar-refractivity contribution in [2.45, 2.75) is 13.5 Å². The first-order chi connectivity index (χ1) is 14.4. The first-order valence-corrected chi connectivity index (χ1v) is 10.7. The van der Waals surface area contributed by atoms with Gasteiger partial charge in [-0.1, -0.05) is 57.6 Å². The molecule has 148 valence electrons. The van der Waals surface area contributed by atoms with Gasteiger partial charge in [0.15, 0.2) is 0 Å². The van der Waals surface area contributed by atoms with Crippen LogP contribution in [0.2, 0.25) is 0 Å². The first-order valence-electron chi connectivity index (χ1n) is 9.04. The Labute approximate surface area is 182 Å². The molecule has 1 aliphatic heterocycles. The minimum atomic E-state index is -0.487. The van der Waals surface area contributed by atoms with E-state index in [-0.39, 0.29) is 21.1 Å². The number of hydrogen-bond donors (Lipinski definition) is 0. The minimum Gasteiger partial charge on any atom is -0.303 e. The number of thiazole rings is 1. The standard InChI is InChI=1S/C21H13BrN4O3S/c1-11-18(27)23-21-26(24-11)20(29)17(30-21)16-14-9-13(22)7-8-15(14)25(19(16)28)10-12-5-3-2-4-6-12/h2-9H,10H2,1H3/b17-16-. The second kappa shape index (κ2) is 6.96. The number of rotatable bonds is 2. The fourth-order valence-electron chi connectivity index (χ4n) is 3.48. The average Bonchev–Trinajstić information content (AvgIpc) is 3.17. The molecule has 30 heavy (non-hydrogen) atoms. The number of anilines is 1. The molecule has 5 rings (SSSR count). The van der Waals surface area contributed by atoms with Crippen molar-refractivity contribution in [3.05, 3.63) is 95.1 Å². The molecule has 0 spiro atoms. The number of amides is 1. The second-order valence-electron chi connectivity index (χ2n) is 6.85. The van der Waals surface area contributed by atoms with Gasteiger partial charge in [-0.2, -0.15) is 14.6 Å². The third-order valence-corrected chi connectivity index (χ3v) is 6.43. The van der Waals surface area contributed by atoms with E-state index in [2.05, 4.69) is 26.0 Å². The Hall–Kier alpha value is -3.17. The molecule has 0 atom stereocenters. The zero-order chi connectivity index (χ0) is 21.0. The van der Waals surface area contributed by atoms with E-state index in [1.807, 2.05) is 48.5 Å². The summed E-state index contributed by atoms with van der Waals surface area (Å²) in [5.74, 6) is -0.268. The number of carbonyl (C=O) groups is 1. The number of halogens is 1. The highest BCUT2D eigenvalue weighted by molar-refractivity contribution is 9.10. The van der Waals surface area contributed by atoms with Gasteiger partial charge in [0.05, 0.1) is 17.8 Å². The van der Waals surface area contributed by atoms with Crippen molar-refractivity contribution in [3.63, 3.8) is 0 Å². The van der Waals surface area contributed by atoms with Crippen LogP contribution in [0.15, 0.2) is 62.6 Å². The molecule has 7 nitrogen and oxygen atoms in total. The zero-order valence-corrected chi connectivity index (χ0v) is 18.0. The van der Waals surface area contributed by atoms with Crippen molar-refractivity contribution in [2.75, 3.05) is 4.90 Å². The highest BCUT2D eigenvalue weighted by atomic mass is 79.9. The van der Waals surface area contributed by atoms with Gasteiger partial charge in [-0.15, -0.1) is 0 Å². The lowest BCUT2D eigenvalue weighted by molar-refractivity contribution is -0.113. The van der Waals surface area contributed by atoms with E-state index in [1.165, 1.54) is 6.92 Å². The van der Waals surface area contributed by atoms with Crippen LogP contribution in [0.25, 0.3) is 10.5 Å². The Kier molecular flexibility index (Phi) is 4.37. The number of aromatic nitrogens is 3. The van der Waals surface area contributed by atoms with E-state index in [0.29, 0.717) is 17.7 Å². The third kappa shape index (κ3) is 2.89. The lowest BCUT2D eigenvalue weighted by atomic mass is 10.1. The molecule has 0 radical (unpaired) electrons. The lowest BCUT2D eigenvalue weighted by Gasteiger charge is -2.17. The molecule has 0 bridgehead atoms. The predicted octanol–water partition coefficient (Wildman–Crippen LogP) is 2.05. The fraction of sp³-hybridized carbons (Fsp3) is 0.0952. The van der Waals surface area contributed by atoms with Crippen LogP contribution < -0.4 is 20.6 Å². The SMILES string of the molecule is Cc1nn2c(=O)/c(=C3/C(=O)N(Cc4ccccc4)c4ccc(Br)cc43)sc2nc1=O. The molecule has 0 fully saturated rings. The molecular weight excluding hydrogens is 468 g/mol. The van der Waals surface area contributed by atoms with Crippen molar-refractivity contribution in [3.8, 4) is 0 Å². The van der Waals surface area contributed by atoms with Crippen LogP contribution in [-0.4, -0.2) is 20.5 Å². The summed E-state index contributed by atoms with van der Waals surface area (Å²) in [6.07, 6.45) is 0. The molecule has 0 unspecified atom stereocenters. The van der Waals surface area contributed by atoms with Gasteiger partial charge in [0.2, 0.25) is 4.96 Å². The number of carbonyl (C=O) groups excluding carboxylic acids is 1. The number of hydrogen-bond acceptors (Lipinski definition) is 6. The molecule has 9 heteroatoms. The zero-order valence-electron chi connectivity index (χ0n) is 15.6. The summed E-state index contributed by atoms with van der Waals surface area (Å²) in [5.41, 5.74) is 1.85. The van der Waals surface area contributed by atoms with Gasteiger partial charge < -0.3 is 4.90 Å². The monoisotopic (exact) mass is 480 g/mol. The number of aryl methyl sites for hydroxylation is 1. The topological polar surface area (TPSA) is 84.6 Å². The minimum absolute atomic E-state index is 0.130. The van der Waals surface area contributed by atoms with Crippen LogP contribution in [0.4, 0.5) is 5.69 Å². The number of benzene rings is 2. The molecule has 2 aromatic heterocycles. The summed E-state index contributed by atoms with van der Waals surface area (Å²) in [6.45, 7) is 1.88. The normalized spacial score (nSPS) is 15.1. The molecule has 1 aliphatic rings. The van der Waals surface area contributed by atoms with Crippen molar-refractivity contribution >= 4 is 49.4 Å². The van der Waals surface area contributed by atoms with E-state index in [1.54, 1.807) is 4.90 Å². The van der Waals surface area contributed by atoms with Gasteiger partial charge in [-0.05, 0) is 30.7 Å². The van der Waals surface area contributed by atoms with Crippen molar-refractivity contribution in [2.24, 2.45) is 0 Å². The van der Waals surface area contributed by atoms with Gasteiger partial charge in [-0.3, -0.25) is 14.4 Å². The molecular formula is C21H13BrN4O3S. The molecule has 0 N–H and O–H groups in total.